The van der Waals surface area contributed by atoms with E-state index < -0.39 is 0 Å². The first-order valence-corrected chi connectivity index (χ1v) is 15.6. The fourth-order valence-electron chi connectivity index (χ4n) is 5.83. The molecule has 0 radical (unpaired) electrons. The van der Waals surface area contributed by atoms with Crippen LogP contribution in [0.15, 0.2) is 60.7 Å². The molecule has 0 aliphatic carbocycles. The van der Waals surface area contributed by atoms with Crippen LogP contribution in [-0.4, -0.2) is 4.98 Å². The van der Waals surface area contributed by atoms with E-state index in [-0.39, 0.29) is 5.41 Å². The lowest BCUT2D eigenvalue weighted by atomic mass is 9.82. The smallest absolute Gasteiger partial charge is 0.0855 e. The van der Waals surface area contributed by atoms with Crippen LogP contribution in [-0.2, 0) is 11.8 Å². The van der Waals surface area contributed by atoms with E-state index in [9.17, 15) is 0 Å². The van der Waals surface area contributed by atoms with E-state index in [1.807, 2.05) is 22.7 Å². The van der Waals surface area contributed by atoms with Crippen LogP contribution in [0.25, 0.3) is 53.5 Å². The number of hydrogen-bond donors (Lipinski definition) is 0. The van der Waals surface area contributed by atoms with Gasteiger partial charge in [-0.05, 0) is 107 Å². The molecular weight excluding hydrogens is 511 g/mol. The molecular formula is C36H37NS2. The molecule has 0 unspecified atom stereocenters. The van der Waals surface area contributed by atoms with Gasteiger partial charge in [-0.25, -0.2) is 4.98 Å². The minimum absolute atomic E-state index is 0.0338. The van der Waals surface area contributed by atoms with Gasteiger partial charge in [0, 0.05) is 25.6 Å². The Kier molecular flexibility index (Phi) is 6.44. The molecule has 0 bridgehead atoms. The van der Waals surface area contributed by atoms with E-state index in [2.05, 4.69) is 116 Å². The lowest BCUT2D eigenvalue weighted by molar-refractivity contribution is 0.596. The Morgan fingerprint density at radius 3 is 2.31 bits per heavy atom. The fourth-order valence-corrected chi connectivity index (χ4v) is 8.04. The molecule has 0 saturated heterocycles. The van der Waals surface area contributed by atoms with E-state index >= 15 is 0 Å². The normalized spacial score (nSPS) is 12.4. The van der Waals surface area contributed by atoms with E-state index in [4.69, 9.17) is 4.98 Å². The molecule has 1 nitrogen and oxygen atoms in total. The van der Waals surface area contributed by atoms with Crippen molar-refractivity contribution in [3.05, 3.63) is 87.1 Å². The second kappa shape index (κ2) is 9.57. The predicted octanol–water partition coefficient (Wildman–Crippen LogP) is 11.4. The van der Waals surface area contributed by atoms with Crippen LogP contribution in [0.4, 0.5) is 0 Å². The van der Waals surface area contributed by atoms with Gasteiger partial charge in [0.2, 0.25) is 0 Å². The lowest BCUT2D eigenvalue weighted by Crippen LogP contribution is -2.12. The van der Waals surface area contributed by atoms with Gasteiger partial charge in [-0.15, -0.1) is 22.7 Å². The molecule has 0 aliphatic rings. The van der Waals surface area contributed by atoms with Crippen molar-refractivity contribution >= 4 is 53.7 Å². The maximum Gasteiger partial charge on any atom is 0.0855 e. The highest BCUT2D eigenvalue weighted by molar-refractivity contribution is 7.20. The molecule has 6 rings (SSSR count). The Hall–Kier alpha value is -3.01. The number of benzene rings is 3. The van der Waals surface area contributed by atoms with E-state index in [1.165, 1.54) is 68.7 Å². The summed E-state index contributed by atoms with van der Waals surface area (Å²) in [6.45, 7) is 18.3. The highest BCUT2D eigenvalue weighted by Gasteiger charge is 2.21. The minimum Gasteiger partial charge on any atom is -0.247 e. The van der Waals surface area contributed by atoms with Crippen LogP contribution in [0.3, 0.4) is 0 Å². The monoisotopic (exact) mass is 547 g/mol. The molecule has 3 aromatic carbocycles. The largest absolute Gasteiger partial charge is 0.247 e. The highest BCUT2D eigenvalue weighted by atomic mass is 32.1. The van der Waals surface area contributed by atoms with Crippen LogP contribution in [0, 0.1) is 26.7 Å². The summed E-state index contributed by atoms with van der Waals surface area (Å²) >= 11 is 3.81. The highest BCUT2D eigenvalue weighted by Crippen LogP contribution is 2.43. The van der Waals surface area contributed by atoms with Gasteiger partial charge in [0.15, 0.2) is 0 Å². The molecule has 0 aliphatic heterocycles. The first kappa shape index (κ1) is 26.2. The number of pyridine rings is 1. The summed E-state index contributed by atoms with van der Waals surface area (Å²) in [4.78, 5) is 8.11. The van der Waals surface area contributed by atoms with Crippen molar-refractivity contribution in [3.8, 4) is 22.4 Å². The molecule has 0 spiro atoms. The van der Waals surface area contributed by atoms with Gasteiger partial charge in [0.05, 0.1) is 15.9 Å². The van der Waals surface area contributed by atoms with Gasteiger partial charge in [-0.2, -0.15) is 0 Å². The molecule has 3 heteroatoms. The first-order chi connectivity index (χ1) is 18.5. The third-order valence-electron chi connectivity index (χ3n) is 7.99. The van der Waals surface area contributed by atoms with Crippen molar-refractivity contribution in [2.75, 3.05) is 0 Å². The topological polar surface area (TPSA) is 12.9 Å². The molecule has 0 atom stereocenters. The van der Waals surface area contributed by atoms with Crippen molar-refractivity contribution < 1.29 is 0 Å². The molecule has 3 aromatic heterocycles. The molecule has 0 saturated carbocycles. The van der Waals surface area contributed by atoms with E-state index in [0.29, 0.717) is 5.92 Å². The van der Waals surface area contributed by atoms with Crippen LogP contribution < -0.4 is 0 Å². The number of aryl methyl sites for hydroxylation is 3. The number of nitrogens with zero attached hydrogens (tertiary/aromatic N) is 1. The standard InChI is InChI=1S/C36H37NS2/c1-20(2)15-28-23(5)38-33-14-13-25(17-30(28)33)29-19-32(37-34-21(3)22(4)39-35(29)34)26-16-24-11-9-10-12-27(24)31(18-26)36(6,7)8/h9-14,16-20H,15H2,1-8H3. The molecule has 0 N–H and O–H groups in total. The third kappa shape index (κ3) is 4.60. The number of thiophene rings is 2. The van der Waals surface area contributed by atoms with Gasteiger partial charge in [0.1, 0.15) is 0 Å². The number of rotatable bonds is 4. The van der Waals surface area contributed by atoms with Crippen LogP contribution >= 0.6 is 22.7 Å². The molecule has 0 amide bonds. The molecule has 6 aromatic rings. The maximum atomic E-state index is 5.32. The van der Waals surface area contributed by atoms with Gasteiger partial charge in [-0.1, -0.05) is 65.0 Å². The number of hydrogen-bond acceptors (Lipinski definition) is 3. The summed E-state index contributed by atoms with van der Waals surface area (Å²) in [6, 6.07) is 22.9. The summed E-state index contributed by atoms with van der Waals surface area (Å²) < 4.78 is 2.68. The Morgan fingerprint density at radius 1 is 0.795 bits per heavy atom. The maximum absolute atomic E-state index is 5.32. The van der Waals surface area contributed by atoms with Gasteiger partial charge >= 0.3 is 0 Å². The molecule has 3 heterocycles. The molecule has 198 valence electrons. The summed E-state index contributed by atoms with van der Waals surface area (Å²) in [5.74, 6) is 0.636. The second-order valence-electron chi connectivity index (χ2n) is 12.5. The van der Waals surface area contributed by atoms with Crippen LogP contribution in [0.5, 0.6) is 0 Å². The van der Waals surface area contributed by atoms with Crippen LogP contribution in [0.2, 0.25) is 0 Å². The Balaban J connectivity index is 1.63. The van der Waals surface area contributed by atoms with E-state index in [1.54, 1.807) is 0 Å². The zero-order valence-electron chi connectivity index (χ0n) is 24.3. The predicted molar refractivity (Wildman–Crippen MR) is 175 cm³/mol. The summed E-state index contributed by atoms with van der Waals surface area (Å²) in [5, 5.41) is 4.02. The van der Waals surface area contributed by atoms with Crippen molar-refractivity contribution in [2.45, 2.75) is 67.2 Å². The minimum atomic E-state index is 0.0338. The van der Waals surface area contributed by atoms with Crippen molar-refractivity contribution in [2.24, 2.45) is 5.92 Å². The zero-order valence-corrected chi connectivity index (χ0v) is 26.0. The number of aromatic nitrogens is 1. The fraction of sp³-hybridized carbons (Fsp3) is 0.306. The SMILES string of the molecule is Cc1sc2ccc(-c3cc(-c4cc(C(C)(C)C)c5ccccc5c4)nc4c(C)c(C)sc34)cc2c1CC(C)C. The summed E-state index contributed by atoms with van der Waals surface area (Å²) in [6.07, 6.45) is 1.12. The average molecular weight is 548 g/mol. The van der Waals surface area contributed by atoms with E-state index in [0.717, 1.165) is 17.6 Å². The quantitative estimate of drug-likeness (QED) is 0.214. The first-order valence-electron chi connectivity index (χ1n) is 14.0. The van der Waals surface area contributed by atoms with Crippen molar-refractivity contribution in [1.82, 2.24) is 4.98 Å². The Morgan fingerprint density at radius 2 is 1.56 bits per heavy atom. The average Bonchev–Trinajstić information content (AvgIpc) is 3.36. The van der Waals surface area contributed by atoms with Gasteiger partial charge in [-0.3, -0.25) is 0 Å². The van der Waals surface area contributed by atoms with Crippen LogP contribution in [0.1, 0.15) is 61.1 Å². The molecule has 39 heavy (non-hydrogen) atoms. The zero-order chi connectivity index (χ0) is 27.6. The Labute approximate surface area is 240 Å². The van der Waals surface area contributed by atoms with Gasteiger partial charge in [0.25, 0.3) is 0 Å². The molecule has 0 fully saturated rings. The summed E-state index contributed by atoms with van der Waals surface area (Å²) in [7, 11) is 0. The van der Waals surface area contributed by atoms with Crippen molar-refractivity contribution in [1.29, 1.82) is 0 Å². The number of fused-ring (bicyclic) bond motifs is 3. The van der Waals surface area contributed by atoms with Gasteiger partial charge < -0.3 is 0 Å². The Bertz CT molecular complexity index is 1870. The third-order valence-corrected chi connectivity index (χ3v) is 10.4. The lowest BCUT2D eigenvalue weighted by Gasteiger charge is -2.23. The van der Waals surface area contributed by atoms with Crippen molar-refractivity contribution in [3.63, 3.8) is 0 Å². The second-order valence-corrected chi connectivity index (χ2v) is 14.9. The summed E-state index contributed by atoms with van der Waals surface area (Å²) in [5.41, 5.74) is 10.2.